The van der Waals surface area contributed by atoms with Gasteiger partial charge in [-0.3, -0.25) is 19.7 Å². The number of nitro groups is 1. The Morgan fingerprint density at radius 3 is 2.45 bits per heavy atom. The molecule has 200 valence electrons. The second-order valence-electron chi connectivity index (χ2n) is 8.24. The van der Waals surface area contributed by atoms with Crippen LogP contribution in [0.4, 0.5) is 5.69 Å². The van der Waals surface area contributed by atoms with Gasteiger partial charge in [0.25, 0.3) is 5.91 Å². The Kier molecular flexibility index (Phi) is 10.3. The number of carbonyl (C=O) groups is 2. The van der Waals surface area contributed by atoms with E-state index in [0.29, 0.717) is 22.2 Å². The Labute approximate surface area is 230 Å². The molecule has 0 aliphatic rings. The maximum Gasteiger partial charge on any atom is 0.311 e. The third kappa shape index (κ3) is 7.60. The van der Waals surface area contributed by atoms with Crippen LogP contribution in [0.1, 0.15) is 18.1 Å². The minimum Gasteiger partial charge on any atom is -0.490 e. The molecule has 1 N–H and O–H groups in total. The molecule has 0 aliphatic heterocycles. The third-order valence-electron chi connectivity index (χ3n) is 5.69. The molecule has 3 aromatic carbocycles. The molecule has 0 fully saturated rings. The molecule has 0 radical (unpaired) electrons. The van der Waals surface area contributed by atoms with E-state index in [1.165, 1.54) is 30.2 Å². The zero-order chi connectivity index (χ0) is 27.7. The van der Waals surface area contributed by atoms with Crippen molar-refractivity contribution in [3.63, 3.8) is 0 Å². The Morgan fingerprint density at radius 2 is 1.82 bits per heavy atom. The fourth-order valence-electron chi connectivity index (χ4n) is 3.81. The molecule has 11 heteroatoms. The number of carbonyl (C=O) groups excluding carboxylic acids is 2. The van der Waals surface area contributed by atoms with Crippen LogP contribution in [0.15, 0.2) is 66.7 Å². The molecular weight excluding hydrogens is 533 g/mol. The van der Waals surface area contributed by atoms with Crippen LogP contribution in [0.5, 0.6) is 11.5 Å². The van der Waals surface area contributed by atoms with Gasteiger partial charge in [-0.1, -0.05) is 59.6 Å². The summed E-state index contributed by atoms with van der Waals surface area (Å²) in [5, 5.41) is 14.8. The lowest BCUT2D eigenvalue weighted by Gasteiger charge is -2.31. The summed E-state index contributed by atoms with van der Waals surface area (Å²) in [6, 6.07) is 17.3. The number of likely N-dealkylation sites (N-methyl/N-ethyl adjacent to an activating group) is 1. The average molecular weight is 560 g/mol. The Hall–Kier alpha value is -3.82. The van der Waals surface area contributed by atoms with Crippen molar-refractivity contribution in [1.82, 2.24) is 10.2 Å². The van der Waals surface area contributed by atoms with E-state index in [4.69, 9.17) is 32.7 Å². The molecule has 38 heavy (non-hydrogen) atoms. The Bertz CT molecular complexity index is 1290. The SMILES string of the molecule is CCNC(=O)C(Cc1ccccc1)N(Cc1ccc(Cl)cc1Cl)C(=O)COc1ccc([N+](=O)[O-])c(OC)c1. The average Bonchev–Trinajstić information content (AvgIpc) is 2.90. The van der Waals surface area contributed by atoms with Crippen LogP contribution in [0, 0.1) is 10.1 Å². The summed E-state index contributed by atoms with van der Waals surface area (Å²) in [6.45, 7) is 1.77. The number of benzene rings is 3. The number of methoxy groups -OCH3 is 1. The molecule has 1 atom stereocenters. The molecule has 2 amide bonds. The first-order chi connectivity index (χ1) is 18.2. The van der Waals surface area contributed by atoms with Crippen molar-refractivity contribution in [1.29, 1.82) is 0 Å². The van der Waals surface area contributed by atoms with Crippen molar-refractivity contribution in [3.8, 4) is 11.5 Å². The van der Waals surface area contributed by atoms with E-state index < -0.39 is 23.5 Å². The van der Waals surface area contributed by atoms with Crippen molar-refractivity contribution in [2.75, 3.05) is 20.3 Å². The molecule has 0 bridgehead atoms. The second-order valence-corrected chi connectivity index (χ2v) is 9.08. The van der Waals surface area contributed by atoms with Gasteiger partial charge in [-0.05, 0) is 36.2 Å². The van der Waals surface area contributed by atoms with E-state index in [-0.39, 0.29) is 36.1 Å². The summed E-state index contributed by atoms with van der Waals surface area (Å²) in [5.41, 5.74) is 1.23. The monoisotopic (exact) mass is 559 g/mol. The number of halogens is 2. The molecule has 0 saturated heterocycles. The molecule has 9 nitrogen and oxygen atoms in total. The molecule has 0 heterocycles. The zero-order valence-electron chi connectivity index (χ0n) is 20.9. The van der Waals surface area contributed by atoms with E-state index in [9.17, 15) is 19.7 Å². The van der Waals surface area contributed by atoms with Crippen LogP contribution in [0.3, 0.4) is 0 Å². The topological polar surface area (TPSA) is 111 Å². The van der Waals surface area contributed by atoms with Crippen molar-refractivity contribution in [3.05, 3.63) is 98.0 Å². The molecule has 0 aromatic heterocycles. The van der Waals surface area contributed by atoms with Crippen molar-refractivity contribution in [2.45, 2.75) is 25.9 Å². The van der Waals surface area contributed by atoms with Crippen LogP contribution >= 0.6 is 23.2 Å². The Morgan fingerprint density at radius 1 is 1.08 bits per heavy atom. The van der Waals surface area contributed by atoms with Crippen LogP contribution in [-0.2, 0) is 22.6 Å². The van der Waals surface area contributed by atoms with Crippen molar-refractivity contribution >= 4 is 40.7 Å². The molecular formula is C27H27Cl2N3O6. The Balaban J connectivity index is 1.92. The molecule has 0 spiro atoms. The highest BCUT2D eigenvalue weighted by molar-refractivity contribution is 6.35. The van der Waals surface area contributed by atoms with Crippen LogP contribution < -0.4 is 14.8 Å². The lowest BCUT2D eigenvalue weighted by molar-refractivity contribution is -0.385. The number of hydrogen-bond acceptors (Lipinski definition) is 6. The van der Waals surface area contributed by atoms with E-state index in [0.717, 1.165) is 5.56 Å². The molecule has 1 unspecified atom stereocenters. The minimum atomic E-state index is -0.869. The second kappa shape index (κ2) is 13.6. The zero-order valence-corrected chi connectivity index (χ0v) is 22.4. The van der Waals surface area contributed by atoms with Crippen LogP contribution in [0.25, 0.3) is 0 Å². The van der Waals surface area contributed by atoms with Crippen LogP contribution in [0.2, 0.25) is 10.0 Å². The summed E-state index contributed by atoms with van der Waals surface area (Å²) < 4.78 is 10.7. The third-order valence-corrected chi connectivity index (χ3v) is 6.28. The van der Waals surface area contributed by atoms with Gasteiger partial charge in [0.05, 0.1) is 12.0 Å². The number of nitrogens with one attached hydrogen (secondary N) is 1. The predicted molar refractivity (Wildman–Crippen MR) is 145 cm³/mol. The normalized spacial score (nSPS) is 11.4. The van der Waals surface area contributed by atoms with E-state index >= 15 is 0 Å². The maximum absolute atomic E-state index is 13.6. The summed E-state index contributed by atoms with van der Waals surface area (Å²) in [6.07, 6.45) is 0.259. The minimum absolute atomic E-state index is 0.00553. The van der Waals surface area contributed by atoms with Gasteiger partial charge in [-0.25, -0.2) is 0 Å². The number of hydrogen-bond donors (Lipinski definition) is 1. The number of nitro benzene ring substituents is 1. The molecule has 3 rings (SSSR count). The fourth-order valence-corrected chi connectivity index (χ4v) is 4.27. The number of nitrogens with zero attached hydrogens (tertiary/aromatic N) is 2. The summed E-state index contributed by atoms with van der Waals surface area (Å²) >= 11 is 12.5. The van der Waals surface area contributed by atoms with Gasteiger partial charge in [0, 0.05) is 41.7 Å². The standard InChI is InChI=1S/C27H27Cl2N3O6/c1-3-30-27(34)24(13-18-7-5-4-6-8-18)31(16-19-9-10-20(28)14-22(19)29)26(33)17-38-21-11-12-23(32(35)36)25(15-21)37-2/h4-12,14-15,24H,3,13,16-17H2,1-2H3,(H,30,34). The van der Waals surface area contributed by atoms with E-state index in [1.807, 2.05) is 30.3 Å². The van der Waals surface area contributed by atoms with Crippen molar-refractivity contribution in [2.24, 2.45) is 0 Å². The van der Waals surface area contributed by atoms with Gasteiger partial charge in [0.2, 0.25) is 11.7 Å². The van der Waals surface area contributed by atoms with Gasteiger partial charge in [0.15, 0.2) is 6.61 Å². The highest BCUT2D eigenvalue weighted by Gasteiger charge is 2.31. The van der Waals surface area contributed by atoms with E-state index in [1.54, 1.807) is 25.1 Å². The highest BCUT2D eigenvalue weighted by atomic mass is 35.5. The van der Waals surface area contributed by atoms with Gasteiger partial charge in [0.1, 0.15) is 11.8 Å². The number of amides is 2. The predicted octanol–water partition coefficient (Wildman–Crippen LogP) is 5.07. The van der Waals surface area contributed by atoms with Gasteiger partial charge >= 0.3 is 5.69 Å². The summed E-state index contributed by atoms with van der Waals surface area (Å²) in [5.74, 6) is -0.621. The van der Waals surface area contributed by atoms with Gasteiger partial charge in [-0.2, -0.15) is 0 Å². The highest BCUT2D eigenvalue weighted by Crippen LogP contribution is 2.31. The first kappa shape index (κ1) is 28.7. The number of ether oxygens (including phenoxy) is 2. The smallest absolute Gasteiger partial charge is 0.311 e. The van der Waals surface area contributed by atoms with Gasteiger partial charge < -0.3 is 19.7 Å². The first-order valence-electron chi connectivity index (χ1n) is 11.7. The first-order valence-corrected chi connectivity index (χ1v) is 12.5. The molecule has 0 aliphatic carbocycles. The molecule has 0 saturated carbocycles. The lowest BCUT2D eigenvalue weighted by atomic mass is 10.0. The van der Waals surface area contributed by atoms with Crippen LogP contribution in [-0.4, -0.2) is 47.9 Å². The van der Waals surface area contributed by atoms with Crippen molar-refractivity contribution < 1.29 is 24.0 Å². The summed E-state index contributed by atoms with van der Waals surface area (Å²) in [4.78, 5) is 38.8. The maximum atomic E-state index is 13.6. The number of rotatable bonds is 12. The van der Waals surface area contributed by atoms with E-state index in [2.05, 4.69) is 5.32 Å². The fraction of sp³-hybridized carbons (Fsp3) is 0.259. The summed E-state index contributed by atoms with van der Waals surface area (Å²) in [7, 11) is 1.30. The largest absolute Gasteiger partial charge is 0.490 e. The quantitative estimate of drug-likeness (QED) is 0.245. The molecule has 3 aromatic rings. The van der Waals surface area contributed by atoms with Gasteiger partial charge in [-0.15, -0.1) is 0 Å². The lowest BCUT2D eigenvalue weighted by Crippen LogP contribution is -2.51.